The molecule has 0 saturated heterocycles. The molecular formula is C10H10N6O. The fourth-order valence-corrected chi connectivity index (χ4v) is 1.22. The third kappa shape index (κ3) is 2.46. The molecule has 7 nitrogen and oxygen atoms in total. The lowest BCUT2D eigenvalue weighted by molar-refractivity contribution is 0.0997. The molecule has 0 fully saturated rings. The summed E-state index contributed by atoms with van der Waals surface area (Å²) in [7, 11) is 0. The molecule has 4 N–H and O–H groups in total. The zero-order chi connectivity index (χ0) is 12.3. The van der Waals surface area contributed by atoms with Gasteiger partial charge in [0.15, 0.2) is 11.7 Å². The van der Waals surface area contributed by atoms with Crippen LogP contribution in [0.1, 0.15) is 10.5 Å². The molecule has 1 aromatic heterocycles. The minimum absolute atomic E-state index is 0.0854. The number of para-hydroxylation sites is 1. The predicted molar refractivity (Wildman–Crippen MR) is 61.5 cm³/mol. The second-order valence-electron chi connectivity index (χ2n) is 3.20. The SMILES string of the molecule is NC(N)=NC(=O)c1cnn(-c2ccccc2)n1. The highest BCUT2D eigenvalue weighted by Gasteiger charge is 2.10. The van der Waals surface area contributed by atoms with Gasteiger partial charge in [-0.3, -0.25) is 4.79 Å². The van der Waals surface area contributed by atoms with Crippen molar-refractivity contribution in [1.29, 1.82) is 0 Å². The number of rotatable bonds is 2. The molecule has 1 heterocycles. The average Bonchev–Trinajstić information content (AvgIpc) is 2.78. The van der Waals surface area contributed by atoms with Crippen LogP contribution in [-0.2, 0) is 0 Å². The van der Waals surface area contributed by atoms with E-state index >= 15 is 0 Å². The lowest BCUT2D eigenvalue weighted by Crippen LogP contribution is -2.24. The van der Waals surface area contributed by atoms with Gasteiger partial charge in [-0.25, -0.2) is 0 Å². The van der Waals surface area contributed by atoms with Gasteiger partial charge in [0.25, 0.3) is 0 Å². The summed E-state index contributed by atoms with van der Waals surface area (Å²) in [5.41, 5.74) is 11.0. The van der Waals surface area contributed by atoms with Crippen molar-refractivity contribution in [2.75, 3.05) is 0 Å². The second-order valence-corrected chi connectivity index (χ2v) is 3.20. The molecule has 2 rings (SSSR count). The van der Waals surface area contributed by atoms with Crippen LogP contribution < -0.4 is 11.5 Å². The molecule has 0 aliphatic carbocycles. The fraction of sp³-hybridized carbons (Fsp3) is 0. The molecule has 0 radical (unpaired) electrons. The summed E-state index contributed by atoms with van der Waals surface area (Å²) in [6.07, 6.45) is 1.31. The Morgan fingerprint density at radius 1 is 1.24 bits per heavy atom. The maximum absolute atomic E-state index is 11.4. The summed E-state index contributed by atoms with van der Waals surface area (Å²) in [5.74, 6) is -0.920. The maximum atomic E-state index is 11.4. The molecule has 0 unspecified atom stereocenters. The molecule has 0 atom stereocenters. The van der Waals surface area contributed by atoms with E-state index in [1.165, 1.54) is 11.0 Å². The van der Waals surface area contributed by atoms with E-state index < -0.39 is 5.91 Å². The van der Waals surface area contributed by atoms with E-state index in [0.29, 0.717) is 0 Å². The van der Waals surface area contributed by atoms with Crippen molar-refractivity contribution < 1.29 is 4.79 Å². The Morgan fingerprint density at radius 2 is 1.94 bits per heavy atom. The molecule has 0 aliphatic heterocycles. The number of nitrogens with two attached hydrogens (primary N) is 2. The van der Waals surface area contributed by atoms with Gasteiger partial charge in [-0.15, -0.1) is 5.10 Å². The van der Waals surface area contributed by atoms with E-state index in [9.17, 15) is 4.79 Å². The summed E-state index contributed by atoms with van der Waals surface area (Å²) in [5, 5.41) is 7.92. The lowest BCUT2D eigenvalue weighted by Gasteiger charge is -1.96. The zero-order valence-electron chi connectivity index (χ0n) is 8.82. The summed E-state index contributed by atoms with van der Waals surface area (Å²) < 4.78 is 0. The smallest absolute Gasteiger partial charge is 0.302 e. The van der Waals surface area contributed by atoms with Crippen molar-refractivity contribution in [3.63, 3.8) is 0 Å². The van der Waals surface area contributed by atoms with E-state index in [0.717, 1.165) is 5.69 Å². The molecule has 7 heteroatoms. The van der Waals surface area contributed by atoms with Gasteiger partial charge in [-0.1, -0.05) is 18.2 Å². The van der Waals surface area contributed by atoms with Gasteiger partial charge < -0.3 is 11.5 Å². The van der Waals surface area contributed by atoms with Crippen molar-refractivity contribution in [2.24, 2.45) is 16.5 Å². The highest BCUT2D eigenvalue weighted by molar-refractivity contribution is 6.00. The van der Waals surface area contributed by atoms with Crippen LogP contribution in [0.2, 0.25) is 0 Å². The van der Waals surface area contributed by atoms with Crippen LogP contribution in [0.25, 0.3) is 5.69 Å². The summed E-state index contributed by atoms with van der Waals surface area (Å²) in [4.78, 5) is 16.1. The quantitative estimate of drug-likeness (QED) is 0.542. The summed E-state index contributed by atoms with van der Waals surface area (Å²) in [6.45, 7) is 0. The highest BCUT2D eigenvalue weighted by atomic mass is 16.1. The zero-order valence-corrected chi connectivity index (χ0v) is 8.82. The van der Waals surface area contributed by atoms with Crippen LogP contribution in [0, 0.1) is 0 Å². The van der Waals surface area contributed by atoms with Crippen molar-refractivity contribution >= 4 is 11.9 Å². The Balaban J connectivity index is 2.28. The monoisotopic (exact) mass is 230 g/mol. The molecule has 2 aromatic rings. The van der Waals surface area contributed by atoms with Gasteiger partial charge in [-0.2, -0.15) is 14.9 Å². The van der Waals surface area contributed by atoms with E-state index in [-0.39, 0.29) is 11.7 Å². The Hall–Kier alpha value is -2.70. The number of guanidine groups is 1. The Morgan fingerprint density at radius 3 is 2.59 bits per heavy atom. The summed E-state index contributed by atoms with van der Waals surface area (Å²) >= 11 is 0. The number of hydrogen-bond acceptors (Lipinski definition) is 3. The van der Waals surface area contributed by atoms with Crippen LogP contribution in [0.5, 0.6) is 0 Å². The van der Waals surface area contributed by atoms with Crippen LogP contribution in [0.4, 0.5) is 0 Å². The third-order valence-electron chi connectivity index (χ3n) is 1.93. The first-order valence-electron chi connectivity index (χ1n) is 4.78. The van der Waals surface area contributed by atoms with Gasteiger partial charge >= 0.3 is 5.91 Å². The van der Waals surface area contributed by atoms with E-state index in [2.05, 4.69) is 15.2 Å². The van der Waals surface area contributed by atoms with Crippen molar-refractivity contribution in [3.8, 4) is 5.69 Å². The molecule has 0 spiro atoms. The minimum Gasteiger partial charge on any atom is -0.370 e. The molecular weight excluding hydrogens is 220 g/mol. The minimum atomic E-state index is -0.618. The Labute approximate surface area is 96.8 Å². The number of carbonyl (C=O) groups is 1. The first-order valence-corrected chi connectivity index (χ1v) is 4.78. The number of aliphatic imine (C=N–C) groups is 1. The van der Waals surface area contributed by atoms with Gasteiger partial charge in [0, 0.05) is 0 Å². The van der Waals surface area contributed by atoms with Crippen molar-refractivity contribution in [1.82, 2.24) is 15.0 Å². The Bertz CT molecular complexity index is 555. The highest BCUT2D eigenvalue weighted by Crippen LogP contribution is 2.04. The number of amides is 1. The van der Waals surface area contributed by atoms with Crippen molar-refractivity contribution in [3.05, 3.63) is 42.2 Å². The maximum Gasteiger partial charge on any atom is 0.302 e. The van der Waals surface area contributed by atoms with Crippen LogP contribution in [0.15, 0.2) is 41.5 Å². The number of nitrogens with zero attached hydrogens (tertiary/aromatic N) is 4. The first-order chi connectivity index (χ1) is 8.16. The third-order valence-corrected chi connectivity index (χ3v) is 1.93. The molecule has 0 bridgehead atoms. The van der Waals surface area contributed by atoms with E-state index in [4.69, 9.17) is 11.5 Å². The predicted octanol–water partition coefficient (Wildman–Crippen LogP) is -0.319. The van der Waals surface area contributed by atoms with Crippen molar-refractivity contribution in [2.45, 2.75) is 0 Å². The molecule has 1 amide bonds. The molecule has 0 saturated carbocycles. The fourth-order valence-electron chi connectivity index (χ4n) is 1.22. The second kappa shape index (κ2) is 4.44. The number of benzene rings is 1. The first kappa shape index (κ1) is 10.8. The molecule has 17 heavy (non-hydrogen) atoms. The largest absolute Gasteiger partial charge is 0.370 e. The number of hydrogen-bond donors (Lipinski definition) is 2. The number of aromatic nitrogens is 3. The Kier molecular flexibility index (Phi) is 2.82. The van der Waals surface area contributed by atoms with Gasteiger partial charge in [0.2, 0.25) is 0 Å². The molecule has 86 valence electrons. The molecule has 0 aliphatic rings. The van der Waals surface area contributed by atoms with Gasteiger partial charge in [0.05, 0.1) is 11.9 Å². The lowest BCUT2D eigenvalue weighted by atomic mass is 10.3. The molecule has 1 aromatic carbocycles. The normalized spacial score (nSPS) is 9.88. The average molecular weight is 230 g/mol. The van der Waals surface area contributed by atoms with E-state index in [1.54, 1.807) is 0 Å². The van der Waals surface area contributed by atoms with Gasteiger partial charge in [-0.05, 0) is 12.1 Å². The standard InChI is InChI=1S/C10H10N6O/c11-10(12)14-9(17)8-6-13-16(15-8)7-4-2-1-3-5-7/h1-6H,(H4,11,12,14,17). The number of carbonyl (C=O) groups excluding carboxylic acids is 1. The summed E-state index contributed by atoms with van der Waals surface area (Å²) in [6, 6.07) is 9.19. The van der Waals surface area contributed by atoms with Crippen LogP contribution >= 0.6 is 0 Å². The topological polar surface area (TPSA) is 112 Å². The van der Waals surface area contributed by atoms with Crippen LogP contribution in [-0.4, -0.2) is 26.9 Å². The van der Waals surface area contributed by atoms with Gasteiger partial charge in [0.1, 0.15) is 0 Å². The van der Waals surface area contributed by atoms with Crippen LogP contribution in [0.3, 0.4) is 0 Å². The van der Waals surface area contributed by atoms with E-state index in [1.807, 2.05) is 30.3 Å².